The van der Waals surface area contributed by atoms with E-state index in [1.165, 1.54) is 28.0 Å². The highest BCUT2D eigenvalue weighted by Gasteiger charge is 2.36. The Morgan fingerprint density at radius 2 is 1.89 bits per heavy atom. The van der Waals surface area contributed by atoms with Crippen LogP contribution < -0.4 is 4.74 Å². The SMILES string of the molecule is Cc1ccc(OC[C@H]2c3ccsc3CCN2C(=O)CN(C(=O)c2cccc(F)c2)C(C)(C)C)cc1. The fourth-order valence-corrected chi connectivity index (χ4v) is 5.23. The maximum Gasteiger partial charge on any atom is 0.254 e. The topological polar surface area (TPSA) is 49.9 Å². The van der Waals surface area contributed by atoms with Crippen molar-refractivity contribution >= 4 is 23.2 Å². The highest BCUT2D eigenvalue weighted by molar-refractivity contribution is 7.10. The summed E-state index contributed by atoms with van der Waals surface area (Å²) in [6.07, 6.45) is 0.771. The maximum absolute atomic E-state index is 13.8. The summed E-state index contributed by atoms with van der Waals surface area (Å²) in [4.78, 5) is 31.6. The van der Waals surface area contributed by atoms with Gasteiger partial charge >= 0.3 is 0 Å². The second-order valence-corrected chi connectivity index (χ2v) is 10.8. The number of benzene rings is 2. The van der Waals surface area contributed by atoms with E-state index in [0.29, 0.717) is 13.2 Å². The number of fused-ring (bicyclic) bond motifs is 1. The van der Waals surface area contributed by atoms with Crippen LogP contribution in [0.1, 0.15) is 53.2 Å². The Hall–Kier alpha value is -3.19. The number of rotatable bonds is 6. The summed E-state index contributed by atoms with van der Waals surface area (Å²) in [5.41, 5.74) is 1.85. The summed E-state index contributed by atoms with van der Waals surface area (Å²) < 4.78 is 19.9. The van der Waals surface area contributed by atoms with Gasteiger partial charge in [0.1, 0.15) is 24.7 Å². The summed E-state index contributed by atoms with van der Waals surface area (Å²) in [5.74, 6) is -0.251. The first kappa shape index (κ1) is 24.9. The van der Waals surface area contributed by atoms with Crippen LogP contribution in [0.5, 0.6) is 5.75 Å². The number of amides is 2. The van der Waals surface area contributed by atoms with Gasteiger partial charge in [0, 0.05) is 22.5 Å². The molecule has 0 saturated carbocycles. The molecule has 0 fully saturated rings. The van der Waals surface area contributed by atoms with Gasteiger partial charge in [0.2, 0.25) is 5.91 Å². The molecule has 5 nitrogen and oxygen atoms in total. The first-order valence-electron chi connectivity index (χ1n) is 11.8. The molecule has 184 valence electrons. The summed E-state index contributed by atoms with van der Waals surface area (Å²) in [6.45, 7) is 8.44. The normalized spacial score (nSPS) is 15.5. The second-order valence-electron chi connectivity index (χ2n) is 9.85. The Labute approximate surface area is 210 Å². The van der Waals surface area contributed by atoms with Crippen molar-refractivity contribution in [2.24, 2.45) is 0 Å². The van der Waals surface area contributed by atoms with Crippen molar-refractivity contribution in [3.63, 3.8) is 0 Å². The van der Waals surface area contributed by atoms with Gasteiger partial charge in [-0.05, 0) is 81.5 Å². The van der Waals surface area contributed by atoms with E-state index in [-0.39, 0.29) is 30.0 Å². The zero-order chi connectivity index (χ0) is 25.2. The minimum Gasteiger partial charge on any atom is -0.491 e. The minimum atomic E-state index is -0.629. The molecule has 1 atom stereocenters. The molecule has 0 spiro atoms. The third kappa shape index (κ3) is 5.73. The lowest BCUT2D eigenvalue weighted by Crippen LogP contribution is -2.53. The van der Waals surface area contributed by atoms with Gasteiger partial charge in [0.15, 0.2) is 0 Å². The molecule has 3 aromatic rings. The molecule has 0 bridgehead atoms. The van der Waals surface area contributed by atoms with Gasteiger partial charge in [-0.2, -0.15) is 0 Å². The molecular formula is C28H31FN2O3S. The average Bonchev–Trinajstić information content (AvgIpc) is 3.30. The van der Waals surface area contributed by atoms with Gasteiger partial charge in [-0.25, -0.2) is 4.39 Å². The lowest BCUT2D eigenvalue weighted by molar-refractivity contribution is -0.136. The van der Waals surface area contributed by atoms with Crippen LogP contribution in [0.2, 0.25) is 0 Å². The van der Waals surface area contributed by atoms with Crippen molar-refractivity contribution in [2.75, 3.05) is 19.7 Å². The number of hydrogen-bond acceptors (Lipinski definition) is 4. The van der Waals surface area contributed by atoms with Crippen molar-refractivity contribution in [3.8, 4) is 5.75 Å². The van der Waals surface area contributed by atoms with E-state index >= 15 is 0 Å². The van der Waals surface area contributed by atoms with Crippen LogP contribution in [0, 0.1) is 12.7 Å². The van der Waals surface area contributed by atoms with Gasteiger partial charge in [-0.1, -0.05) is 23.8 Å². The first-order valence-corrected chi connectivity index (χ1v) is 12.6. The van der Waals surface area contributed by atoms with E-state index in [9.17, 15) is 14.0 Å². The molecule has 7 heteroatoms. The molecule has 1 aromatic heterocycles. The highest BCUT2D eigenvalue weighted by atomic mass is 32.1. The molecule has 4 rings (SSSR count). The summed E-state index contributed by atoms with van der Waals surface area (Å²) in [6, 6.07) is 15.2. The fraction of sp³-hybridized carbons (Fsp3) is 0.357. The Morgan fingerprint density at radius 3 is 2.57 bits per heavy atom. The van der Waals surface area contributed by atoms with Gasteiger partial charge in [-0.3, -0.25) is 9.59 Å². The summed E-state index contributed by atoms with van der Waals surface area (Å²) in [5, 5.41) is 2.05. The molecular weight excluding hydrogens is 463 g/mol. The Balaban J connectivity index is 1.56. The number of carbonyl (C=O) groups excluding carboxylic acids is 2. The molecule has 1 aliphatic rings. The number of carbonyl (C=O) groups is 2. The Bertz CT molecular complexity index is 1200. The molecule has 1 aliphatic heterocycles. The fourth-order valence-electron chi connectivity index (χ4n) is 4.30. The first-order chi connectivity index (χ1) is 16.6. The van der Waals surface area contributed by atoms with Crippen LogP contribution in [0.3, 0.4) is 0 Å². The predicted octanol–water partition coefficient (Wildman–Crippen LogP) is 5.64. The Morgan fingerprint density at radius 1 is 1.14 bits per heavy atom. The van der Waals surface area contributed by atoms with Crippen LogP contribution in [-0.2, 0) is 11.2 Å². The predicted molar refractivity (Wildman–Crippen MR) is 136 cm³/mol. The standard InChI is InChI=1S/C28H31FN2O3S/c1-19-8-10-22(11-9-19)34-18-24-23-13-15-35-25(23)12-14-30(24)26(32)17-31(28(2,3)4)27(33)20-6-5-7-21(29)16-20/h5-11,13,15-16,24H,12,14,17-18H2,1-4H3/t24-/m0/s1. The summed E-state index contributed by atoms with van der Waals surface area (Å²) in [7, 11) is 0. The molecule has 35 heavy (non-hydrogen) atoms. The number of nitrogens with zero attached hydrogens (tertiary/aromatic N) is 2. The number of halogens is 1. The van der Waals surface area contributed by atoms with Crippen LogP contribution in [-0.4, -0.2) is 46.8 Å². The van der Waals surface area contributed by atoms with Gasteiger partial charge in [0.25, 0.3) is 5.91 Å². The third-order valence-electron chi connectivity index (χ3n) is 6.26. The van der Waals surface area contributed by atoms with Crippen molar-refractivity contribution in [2.45, 2.75) is 45.7 Å². The van der Waals surface area contributed by atoms with E-state index in [2.05, 4.69) is 6.07 Å². The van der Waals surface area contributed by atoms with E-state index in [1.807, 2.05) is 62.2 Å². The highest BCUT2D eigenvalue weighted by Crippen LogP contribution is 2.34. The zero-order valence-corrected chi connectivity index (χ0v) is 21.4. The van der Waals surface area contributed by atoms with Gasteiger partial charge in [-0.15, -0.1) is 11.3 Å². The molecule has 0 saturated heterocycles. The van der Waals surface area contributed by atoms with E-state index in [1.54, 1.807) is 17.4 Å². The lowest BCUT2D eigenvalue weighted by atomic mass is 9.99. The quantitative estimate of drug-likeness (QED) is 0.446. The van der Waals surface area contributed by atoms with Crippen LogP contribution in [0.15, 0.2) is 60.0 Å². The molecule has 2 heterocycles. The molecule has 2 aromatic carbocycles. The number of thiophene rings is 1. The molecule has 0 radical (unpaired) electrons. The number of hydrogen-bond donors (Lipinski definition) is 0. The molecule has 0 aliphatic carbocycles. The lowest BCUT2D eigenvalue weighted by Gasteiger charge is -2.40. The molecule has 0 N–H and O–H groups in total. The zero-order valence-electron chi connectivity index (χ0n) is 20.6. The van der Waals surface area contributed by atoms with Crippen molar-refractivity contribution in [1.82, 2.24) is 9.80 Å². The third-order valence-corrected chi connectivity index (χ3v) is 7.26. The van der Waals surface area contributed by atoms with Crippen LogP contribution in [0.25, 0.3) is 0 Å². The van der Waals surface area contributed by atoms with Crippen LogP contribution >= 0.6 is 11.3 Å². The van der Waals surface area contributed by atoms with Gasteiger partial charge < -0.3 is 14.5 Å². The summed E-state index contributed by atoms with van der Waals surface area (Å²) >= 11 is 1.69. The van der Waals surface area contributed by atoms with Crippen LogP contribution in [0.4, 0.5) is 4.39 Å². The van der Waals surface area contributed by atoms with Crippen molar-refractivity contribution in [1.29, 1.82) is 0 Å². The second kappa shape index (κ2) is 10.2. The van der Waals surface area contributed by atoms with Crippen molar-refractivity contribution in [3.05, 3.63) is 87.4 Å². The van der Waals surface area contributed by atoms with Gasteiger partial charge in [0.05, 0.1) is 6.04 Å². The molecule has 0 unspecified atom stereocenters. The maximum atomic E-state index is 13.8. The number of aryl methyl sites for hydroxylation is 1. The monoisotopic (exact) mass is 494 g/mol. The Kier molecular flexibility index (Phi) is 7.26. The average molecular weight is 495 g/mol. The minimum absolute atomic E-state index is 0.0979. The number of ether oxygens (including phenoxy) is 1. The van der Waals surface area contributed by atoms with E-state index in [0.717, 1.165) is 23.3 Å². The smallest absolute Gasteiger partial charge is 0.254 e. The van der Waals surface area contributed by atoms with E-state index < -0.39 is 11.4 Å². The largest absolute Gasteiger partial charge is 0.491 e. The molecule has 2 amide bonds. The van der Waals surface area contributed by atoms with Crippen molar-refractivity contribution < 1.29 is 18.7 Å². The van der Waals surface area contributed by atoms with E-state index in [4.69, 9.17) is 4.74 Å².